The van der Waals surface area contributed by atoms with Gasteiger partial charge >= 0.3 is 5.97 Å². The van der Waals surface area contributed by atoms with Crippen molar-refractivity contribution >= 4 is 12.4 Å². The Labute approximate surface area is 74.7 Å². The van der Waals surface area contributed by atoms with Gasteiger partial charge in [0.15, 0.2) is 6.73 Å². The lowest BCUT2D eigenvalue weighted by Crippen LogP contribution is -2.19. The lowest BCUT2D eigenvalue weighted by atomic mass is 10.3. The highest BCUT2D eigenvalue weighted by atomic mass is 16.5. The Morgan fingerprint density at radius 1 is 1.54 bits per heavy atom. The van der Waals surface area contributed by atoms with Crippen molar-refractivity contribution in [3.63, 3.8) is 0 Å². The number of ether oxygens (including phenoxy) is 1. The molecule has 0 aliphatic rings. The summed E-state index contributed by atoms with van der Waals surface area (Å²) in [5, 5.41) is 2.21. The average Bonchev–Trinajstić information content (AvgIpc) is 2.19. The molecule has 0 aliphatic carbocycles. The van der Waals surface area contributed by atoms with Crippen LogP contribution in [0.3, 0.4) is 0 Å². The zero-order chi connectivity index (χ0) is 9.52. The number of amides is 1. The van der Waals surface area contributed by atoms with Gasteiger partial charge in [0.1, 0.15) is 0 Å². The molecule has 1 N–H and O–H groups in total. The molecule has 1 amide bonds. The molecule has 0 saturated heterocycles. The number of carbonyl (C=O) groups excluding carboxylic acids is 2. The van der Waals surface area contributed by atoms with Crippen LogP contribution in [0.1, 0.15) is 10.4 Å². The van der Waals surface area contributed by atoms with Crippen LogP contribution in [-0.4, -0.2) is 24.1 Å². The predicted octanol–water partition coefficient (Wildman–Crippen LogP) is -0.0581. The zero-order valence-electron chi connectivity index (χ0n) is 6.77. The smallest absolute Gasteiger partial charge is 0.339 e. The first-order valence-electron chi connectivity index (χ1n) is 3.59. The zero-order valence-corrected chi connectivity index (χ0v) is 6.77. The van der Waals surface area contributed by atoms with Gasteiger partial charge in [-0.1, -0.05) is 0 Å². The fourth-order valence-electron chi connectivity index (χ4n) is 0.713. The number of carbonyl (C=O) groups is 2. The van der Waals surface area contributed by atoms with E-state index in [1.807, 2.05) is 0 Å². The van der Waals surface area contributed by atoms with E-state index in [4.69, 9.17) is 0 Å². The van der Waals surface area contributed by atoms with Crippen LogP contribution in [0.2, 0.25) is 0 Å². The molecule has 0 aliphatic heterocycles. The second-order valence-electron chi connectivity index (χ2n) is 2.13. The van der Waals surface area contributed by atoms with E-state index in [0.29, 0.717) is 12.0 Å². The van der Waals surface area contributed by atoms with Gasteiger partial charge in [-0.05, 0) is 12.1 Å². The summed E-state index contributed by atoms with van der Waals surface area (Å²) in [7, 11) is 0. The van der Waals surface area contributed by atoms with Gasteiger partial charge in [-0.15, -0.1) is 0 Å². The molecule has 13 heavy (non-hydrogen) atoms. The third-order valence-corrected chi connectivity index (χ3v) is 1.29. The number of aromatic nitrogens is 1. The summed E-state index contributed by atoms with van der Waals surface area (Å²) in [6.45, 7) is -0.120. The largest absolute Gasteiger partial charge is 0.441 e. The Balaban J connectivity index is 2.45. The monoisotopic (exact) mass is 180 g/mol. The molecule has 0 atom stereocenters. The van der Waals surface area contributed by atoms with Crippen molar-refractivity contribution in [2.24, 2.45) is 0 Å². The average molecular weight is 180 g/mol. The molecule has 1 rings (SSSR count). The maximum absolute atomic E-state index is 11.1. The van der Waals surface area contributed by atoms with Gasteiger partial charge in [0.25, 0.3) is 0 Å². The maximum Gasteiger partial charge on any atom is 0.339 e. The summed E-state index contributed by atoms with van der Waals surface area (Å²) < 4.78 is 4.66. The Hall–Kier alpha value is -1.91. The van der Waals surface area contributed by atoms with E-state index < -0.39 is 5.97 Å². The fraction of sp³-hybridized carbons (Fsp3) is 0.125. The number of nitrogens with one attached hydrogen (secondary N) is 1. The van der Waals surface area contributed by atoms with Crippen LogP contribution >= 0.6 is 0 Å². The van der Waals surface area contributed by atoms with Crippen molar-refractivity contribution in [3.8, 4) is 0 Å². The minimum Gasteiger partial charge on any atom is -0.441 e. The van der Waals surface area contributed by atoms with Gasteiger partial charge in [-0.25, -0.2) is 4.79 Å². The molecular formula is C8H8N2O3. The summed E-state index contributed by atoms with van der Waals surface area (Å²) >= 11 is 0. The fourth-order valence-corrected chi connectivity index (χ4v) is 0.713. The molecule has 0 bridgehead atoms. The van der Waals surface area contributed by atoms with E-state index >= 15 is 0 Å². The van der Waals surface area contributed by atoms with Gasteiger partial charge in [0.2, 0.25) is 6.41 Å². The first-order chi connectivity index (χ1) is 6.34. The number of pyridine rings is 1. The Kier molecular flexibility index (Phi) is 3.44. The Morgan fingerprint density at radius 2 is 2.23 bits per heavy atom. The predicted molar refractivity (Wildman–Crippen MR) is 43.7 cm³/mol. The van der Waals surface area contributed by atoms with Gasteiger partial charge in [0.05, 0.1) is 5.56 Å². The van der Waals surface area contributed by atoms with Crippen molar-refractivity contribution in [2.45, 2.75) is 0 Å². The molecule has 1 heterocycles. The molecule has 5 nitrogen and oxygen atoms in total. The van der Waals surface area contributed by atoms with Crippen molar-refractivity contribution < 1.29 is 14.3 Å². The van der Waals surface area contributed by atoms with E-state index in [2.05, 4.69) is 15.0 Å². The molecule has 0 unspecified atom stereocenters. The highest BCUT2D eigenvalue weighted by molar-refractivity contribution is 5.89. The number of hydrogen-bond acceptors (Lipinski definition) is 4. The SMILES string of the molecule is O=CNCOC(=O)c1ccncc1. The number of rotatable bonds is 4. The van der Waals surface area contributed by atoms with Crippen LogP contribution < -0.4 is 5.32 Å². The second-order valence-corrected chi connectivity index (χ2v) is 2.13. The molecule has 1 aromatic rings. The maximum atomic E-state index is 11.1. The van der Waals surface area contributed by atoms with Gasteiger partial charge in [0, 0.05) is 12.4 Å². The summed E-state index contributed by atoms with van der Waals surface area (Å²) in [5.74, 6) is -0.489. The van der Waals surface area contributed by atoms with E-state index in [1.54, 1.807) is 0 Å². The standard InChI is InChI=1S/C8H8N2O3/c11-5-10-6-13-8(12)7-1-3-9-4-2-7/h1-5H,6H2,(H,10,11). The molecule has 5 heteroatoms. The molecule has 68 valence electrons. The minimum absolute atomic E-state index is 0.120. The lowest BCUT2D eigenvalue weighted by molar-refractivity contribution is -0.110. The Morgan fingerprint density at radius 3 is 2.85 bits per heavy atom. The highest BCUT2D eigenvalue weighted by Gasteiger charge is 2.04. The van der Waals surface area contributed by atoms with Crippen LogP contribution in [0, 0.1) is 0 Å². The van der Waals surface area contributed by atoms with E-state index in [9.17, 15) is 9.59 Å². The van der Waals surface area contributed by atoms with Crippen molar-refractivity contribution in [2.75, 3.05) is 6.73 Å². The molecule has 0 fully saturated rings. The first-order valence-corrected chi connectivity index (χ1v) is 3.59. The van der Waals surface area contributed by atoms with E-state index in [0.717, 1.165) is 0 Å². The van der Waals surface area contributed by atoms with Crippen LogP contribution in [0.15, 0.2) is 24.5 Å². The number of nitrogens with zero attached hydrogens (tertiary/aromatic N) is 1. The third-order valence-electron chi connectivity index (χ3n) is 1.29. The van der Waals surface area contributed by atoms with Crippen molar-refractivity contribution in [3.05, 3.63) is 30.1 Å². The summed E-state index contributed by atoms with van der Waals surface area (Å²) in [4.78, 5) is 24.7. The first kappa shape index (κ1) is 9.18. The number of hydrogen-bond donors (Lipinski definition) is 1. The van der Waals surface area contributed by atoms with E-state index in [-0.39, 0.29) is 6.73 Å². The Bertz CT molecular complexity index is 287. The van der Waals surface area contributed by atoms with Gasteiger partial charge < -0.3 is 10.1 Å². The highest BCUT2D eigenvalue weighted by Crippen LogP contribution is 1.97. The van der Waals surface area contributed by atoms with E-state index in [1.165, 1.54) is 24.5 Å². The van der Waals surface area contributed by atoms with Crippen molar-refractivity contribution in [1.29, 1.82) is 0 Å². The molecular weight excluding hydrogens is 172 g/mol. The van der Waals surface area contributed by atoms with Crippen LogP contribution in [0.4, 0.5) is 0 Å². The molecule has 0 radical (unpaired) electrons. The summed E-state index contributed by atoms with van der Waals surface area (Å²) in [6, 6.07) is 3.06. The second kappa shape index (κ2) is 4.87. The number of esters is 1. The van der Waals surface area contributed by atoms with Gasteiger partial charge in [-0.3, -0.25) is 9.78 Å². The quantitative estimate of drug-likeness (QED) is 0.305. The lowest BCUT2D eigenvalue weighted by Gasteiger charge is -2.01. The molecule has 1 aromatic heterocycles. The van der Waals surface area contributed by atoms with Gasteiger partial charge in [-0.2, -0.15) is 0 Å². The van der Waals surface area contributed by atoms with Crippen LogP contribution in [0.25, 0.3) is 0 Å². The molecule has 0 aromatic carbocycles. The minimum atomic E-state index is -0.489. The normalized spacial score (nSPS) is 8.92. The topological polar surface area (TPSA) is 68.3 Å². The summed E-state index contributed by atoms with van der Waals surface area (Å²) in [5.41, 5.74) is 0.405. The van der Waals surface area contributed by atoms with Crippen LogP contribution in [-0.2, 0) is 9.53 Å². The summed E-state index contributed by atoms with van der Waals surface area (Å²) in [6.07, 6.45) is 3.44. The van der Waals surface area contributed by atoms with Crippen molar-refractivity contribution in [1.82, 2.24) is 10.3 Å². The third kappa shape index (κ3) is 2.90. The molecule has 0 saturated carbocycles. The van der Waals surface area contributed by atoms with Crippen LogP contribution in [0.5, 0.6) is 0 Å². The molecule has 0 spiro atoms.